The van der Waals surface area contributed by atoms with Crippen LogP contribution in [-0.4, -0.2) is 14.9 Å². The second-order valence-electron chi connectivity index (χ2n) is 9.31. The lowest BCUT2D eigenvalue weighted by atomic mass is 9.98. The van der Waals surface area contributed by atoms with E-state index in [9.17, 15) is 9.18 Å². The molecule has 37 heavy (non-hydrogen) atoms. The maximum atomic E-state index is 13.8. The Kier molecular flexibility index (Phi) is 6.18. The van der Waals surface area contributed by atoms with Gasteiger partial charge in [0.1, 0.15) is 17.2 Å². The molecule has 186 valence electrons. The zero-order valence-corrected chi connectivity index (χ0v) is 20.9. The Hall–Kier alpha value is -4.03. The number of hydrogen-bond donors (Lipinski definition) is 2. The van der Waals surface area contributed by atoms with Crippen LogP contribution in [0.4, 0.5) is 15.8 Å². The topological polar surface area (TPSA) is 50.5 Å². The molecule has 3 aromatic carbocycles. The van der Waals surface area contributed by atoms with E-state index in [4.69, 9.17) is 11.6 Å². The third-order valence-corrected chi connectivity index (χ3v) is 7.17. The predicted molar refractivity (Wildman–Crippen MR) is 147 cm³/mol. The van der Waals surface area contributed by atoms with Gasteiger partial charge in [0.25, 0.3) is 5.91 Å². The second kappa shape index (κ2) is 9.79. The molecule has 5 nitrogen and oxygen atoms in total. The number of carbonyl (C=O) groups excluding carboxylic acids is 1. The lowest BCUT2D eigenvalue weighted by Crippen LogP contribution is -2.15. The molecule has 2 N–H and O–H groups in total. The van der Waals surface area contributed by atoms with Gasteiger partial charge in [-0.1, -0.05) is 41.9 Å². The minimum Gasteiger partial charge on any atom is -0.379 e. The van der Waals surface area contributed by atoms with Crippen LogP contribution in [0, 0.1) is 5.82 Å². The number of para-hydroxylation sites is 1. The highest BCUT2D eigenvalue weighted by atomic mass is 35.5. The van der Waals surface area contributed by atoms with Gasteiger partial charge in [-0.05, 0) is 73.4 Å². The fourth-order valence-electron chi connectivity index (χ4n) is 5.22. The number of nitrogens with one attached hydrogen (secondary N) is 2. The van der Waals surface area contributed by atoms with E-state index < -0.39 is 0 Å². The van der Waals surface area contributed by atoms with Crippen molar-refractivity contribution in [2.24, 2.45) is 0 Å². The Labute approximate surface area is 219 Å². The Morgan fingerprint density at radius 3 is 2.43 bits per heavy atom. The maximum Gasteiger partial charge on any atom is 0.273 e. The summed E-state index contributed by atoms with van der Waals surface area (Å²) in [7, 11) is 0. The van der Waals surface area contributed by atoms with Crippen molar-refractivity contribution >= 4 is 34.5 Å². The van der Waals surface area contributed by atoms with Crippen LogP contribution in [0.25, 0.3) is 16.8 Å². The standard InChI is InChI=1S/C30H26ClFN4O/c31-21-11-9-20(10-12-21)27-26-8-4-5-17-35-25(18-33-23-15-13-22(32)14-16-23)19-36(30(26)35)28(27)29(37)34-24-6-2-1-3-7-24/h1-3,6-7,9-16,19,33H,4-5,8,17-18H2,(H,34,37). The number of aryl methyl sites for hydroxylation is 2. The average molecular weight is 513 g/mol. The molecule has 0 aliphatic carbocycles. The van der Waals surface area contributed by atoms with Crippen LogP contribution in [-0.2, 0) is 19.5 Å². The first kappa shape index (κ1) is 23.4. The molecule has 0 saturated heterocycles. The number of rotatable bonds is 6. The second-order valence-corrected chi connectivity index (χ2v) is 9.75. The average Bonchev–Trinajstić information content (AvgIpc) is 3.31. The summed E-state index contributed by atoms with van der Waals surface area (Å²) in [5, 5.41) is 7.15. The van der Waals surface area contributed by atoms with Crippen LogP contribution >= 0.6 is 11.6 Å². The third-order valence-electron chi connectivity index (χ3n) is 6.91. The lowest BCUT2D eigenvalue weighted by molar-refractivity contribution is 0.102. The summed E-state index contributed by atoms with van der Waals surface area (Å²) in [6.07, 6.45) is 5.02. The normalized spacial score (nSPS) is 12.9. The van der Waals surface area contributed by atoms with E-state index in [1.54, 1.807) is 12.1 Å². The molecule has 5 aromatic rings. The molecule has 3 heterocycles. The van der Waals surface area contributed by atoms with Crippen molar-refractivity contribution in [3.63, 3.8) is 0 Å². The highest BCUT2D eigenvalue weighted by Crippen LogP contribution is 2.38. The maximum absolute atomic E-state index is 13.8. The van der Waals surface area contributed by atoms with Gasteiger partial charge in [-0.25, -0.2) is 4.39 Å². The van der Waals surface area contributed by atoms with Crippen LogP contribution in [0.2, 0.25) is 5.02 Å². The van der Waals surface area contributed by atoms with Gasteiger partial charge in [-0.3, -0.25) is 9.20 Å². The molecule has 1 aliphatic heterocycles. The minimum atomic E-state index is -0.262. The van der Waals surface area contributed by atoms with Crippen LogP contribution in [0.15, 0.2) is 85.1 Å². The highest BCUT2D eigenvalue weighted by Gasteiger charge is 2.29. The molecule has 0 bridgehead atoms. The number of carbonyl (C=O) groups is 1. The fourth-order valence-corrected chi connectivity index (χ4v) is 5.35. The van der Waals surface area contributed by atoms with Crippen LogP contribution in [0.3, 0.4) is 0 Å². The summed E-state index contributed by atoms with van der Waals surface area (Å²) in [4.78, 5) is 13.8. The quantitative estimate of drug-likeness (QED) is 0.249. The molecule has 0 unspecified atom stereocenters. The van der Waals surface area contributed by atoms with E-state index >= 15 is 0 Å². The van der Waals surface area contributed by atoms with E-state index in [0.717, 1.165) is 59.7 Å². The van der Waals surface area contributed by atoms with Crippen molar-refractivity contribution in [1.82, 2.24) is 8.97 Å². The molecular formula is C30H26ClFN4O. The molecule has 0 spiro atoms. The van der Waals surface area contributed by atoms with Gasteiger partial charge >= 0.3 is 0 Å². The number of nitrogens with zero attached hydrogens (tertiary/aromatic N) is 2. The smallest absolute Gasteiger partial charge is 0.273 e. The minimum absolute atomic E-state index is 0.159. The SMILES string of the molecule is O=C(Nc1ccccc1)c1c(-c2ccc(Cl)cc2)c2c3n(c(CNc4ccc(F)cc4)cn13)CCCC2. The number of halogens is 2. The summed E-state index contributed by atoms with van der Waals surface area (Å²) in [5.74, 6) is -0.421. The van der Waals surface area contributed by atoms with Crippen molar-refractivity contribution < 1.29 is 9.18 Å². The van der Waals surface area contributed by atoms with Crippen molar-refractivity contribution in [3.05, 3.63) is 113 Å². The van der Waals surface area contributed by atoms with Crippen molar-refractivity contribution in [2.45, 2.75) is 32.4 Å². The van der Waals surface area contributed by atoms with E-state index in [2.05, 4.69) is 21.4 Å². The summed E-state index contributed by atoms with van der Waals surface area (Å²) >= 11 is 6.20. The zero-order valence-electron chi connectivity index (χ0n) is 20.2. The molecule has 1 aliphatic rings. The first-order chi connectivity index (χ1) is 18.1. The first-order valence-electron chi connectivity index (χ1n) is 12.5. The molecule has 0 fully saturated rings. The molecule has 7 heteroatoms. The van der Waals surface area contributed by atoms with Gasteiger partial charge < -0.3 is 15.2 Å². The number of imidazole rings is 1. The predicted octanol–water partition coefficient (Wildman–Crippen LogP) is 7.40. The van der Waals surface area contributed by atoms with Crippen LogP contribution < -0.4 is 10.6 Å². The van der Waals surface area contributed by atoms with Crippen molar-refractivity contribution in [3.8, 4) is 11.1 Å². The van der Waals surface area contributed by atoms with Gasteiger partial charge in [0.05, 0.1) is 12.2 Å². The van der Waals surface area contributed by atoms with E-state index in [1.165, 1.54) is 17.7 Å². The van der Waals surface area contributed by atoms with E-state index in [0.29, 0.717) is 17.3 Å². The Balaban J connectivity index is 1.49. The summed E-state index contributed by atoms with van der Waals surface area (Å²) < 4.78 is 17.7. The van der Waals surface area contributed by atoms with E-state index in [1.807, 2.05) is 59.0 Å². The van der Waals surface area contributed by atoms with Gasteiger partial charge in [-0.2, -0.15) is 0 Å². The van der Waals surface area contributed by atoms with Gasteiger partial charge in [-0.15, -0.1) is 0 Å². The summed E-state index contributed by atoms with van der Waals surface area (Å²) in [6.45, 7) is 1.43. The van der Waals surface area contributed by atoms with E-state index in [-0.39, 0.29) is 11.7 Å². The van der Waals surface area contributed by atoms with Gasteiger partial charge in [0.2, 0.25) is 0 Å². The molecule has 0 saturated carbocycles. The number of anilines is 2. The number of benzene rings is 3. The van der Waals surface area contributed by atoms with Crippen molar-refractivity contribution in [2.75, 3.05) is 10.6 Å². The van der Waals surface area contributed by atoms with Crippen LogP contribution in [0.5, 0.6) is 0 Å². The number of amides is 1. The largest absolute Gasteiger partial charge is 0.379 e. The van der Waals surface area contributed by atoms with Gasteiger partial charge in [0, 0.05) is 40.3 Å². The molecule has 0 atom stereocenters. The molecule has 2 aromatic heterocycles. The number of aromatic nitrogens is 2. The fraction of sp³-hybridized carbons (Fsp3) is 0.167. The highest BCUT2D eigenvalue weighted by molar-refractivity contribution is 6.30. The Morgan fingerprint density at radius 1 is 0.919 bits per heavy atom. The third kappa shape index (κ3) is 4.49. The van der Waals surface area contributed by atoms with Crippen LogP contribution in [0.1, 0.15) is 34.6 Å². The first-order valence-corrected chi connectivity index (χ1v) is 12.8. The van der Waals surface area contributed by atoms with Crippen molar-refractivity contribution in [1.29, 1.82) is 0 Å². The number of hydrogen-bond acceptors (Lipinski definition) is 2. The molecular weight excluding hydrogens is 487 g/mol. The zero-order chi connectivity index (χ0) is 25.4. The Bertz CT molecular complexity index is 1570. The molecule has 6 rings (SSSR count). The molecule has 0 radical (unpaired) electrons. The van der Waals surface area contributed by atoms with Gasteiger partial charge in [0.15, 0.2) is 0 Å². The lowest BCUT2D eigenvalue weighted by Gasteiger charge is -2.11. The molecule has 1 amide bonds. The Morgan fingerprint density at radius 2 is 1.68 bits per heavy atom. The summed E-state index contributed by atoms with van der Waals surface area (Å²) in [5.41, 5.74) is 7.42. The monoisotopic (exact) mass is 512 g/mol. The summed E-state index contributed by atoms with van der Waals surface area (Å²) in [6, 6.07) is 23.6.